The molecule has 3 aromatic rings. The van der Waals surface area contributed by atoms with Gasteiger partial charge in [-0.05, 0) is 68.7 Å². The molecule has 0 saturated carbocycles. The van der Waals surface area contributed by atoms with Crippen molar-refractivity contribution in [3.05, 3.63) is 70.5 Å². The minimum absolute atomic E-state index is 0.224. The number of anilines is 1. The van der Waals surface area contributed by atoms with Gasteiger partial charge in [0, 0.05) is 30.4 Å². The van der Waals surface area contributed by atoms with E-state index in [9.17, 15) is 18.0 Å². The number of benzene rings is 2. The van der Waals surface area contributed by atoms with Crippen LogP contribution in [0, 0.1) is 6.92 Å². The van der Waals surface area contributed by atoms with Gasteiger partial charge in [-0.15, -0.1) is 0 Å². The van der Waals surface area contributed by atoms with Crippen molar-refractivity contribution in [2.24, 2.45) is 0 Å². The smallest absolute Gasteiger partial charge is 0.267 e. The SMILES string of the molecule is COc1ccc(NC(=O)[C@H](C)n2nc(-c3ccc(C)c(S(=O)(=O)N4CCCC4)c3)ccc2=O)cc1. The standard InChI is InChI=1S/C25H28N4O5S/c1-17-6-7-19(16-23(17)35(32,33)28-14-4-5-15-28)22-12-13-24(30)29(27-22)18(2)25(31)26-20-8-10-21(34-3)11-9-20/h6-13,16,18H,4-5,14-15H2,1-3H3,(H,26,31)/t18-/m0/s1. The first-order chi connectivity index (χ1) is 16.7. The largest absolute Gasteiger partial charge is 0.497 e. The van der Waals surface area contributed by atoms with E-state index in [1.165, 1.54) is 16.4 Å². The quantitative estimate of drug-likeness (QED) is 0.538. The van der Waals surface area contributed by atoms with Crippen LogP contribution in [0.1, 0.15) is 31.4 Å². The van der Waals surface area contributed by atoms with Crippen LogP contribution in [0.25, 0.3) is 11.3 Å². The van der Waals surface area contributed by atoms with E-state index in [0.717, 1.165) is 17.5 Å². The van der Waals surface area contributed by atoms with Crippen LogP contribution in [0.15, 0.2) is 64.3 Å². The Morgan fingerprint density at radius 3 is 2.40 bits per heavy atom. The molecule has 1 aliphatic rings. The van der Waals surface area contributed by atoms with Crippen LogP contribution >= 0.6 is 0 Å². The fraction of sp³-hybridized carbons (Fsp3) is 0.320. The van der Waals surface area contributed by atoms with Crippen molar-refractivity contribution >= 4 is 21.6 Å². The number of carbonyl (C=O) groups is 1. The molecule has 1 atom stereocenters. The number of aromatic nitrogens is 2. The molecule has 0 radical (unpaired) electrons. The summed E-state index contributed by atoms with van der Waals surface area (Å²) in [5.41, 5.74) is 1.70. The summed E-state index contributed by atoms with van der Waals surface area (Å²) in [4.78, 5) is 25.6. The first-order valence-corrected chi connectivity index (χ1v) is 12.8. The molecule has 1 fully saturated rings. The van der Waals surface area contributed by atoms with E-state index in [0.29, 0.717) is 41.3 Å². The average Bonchev–Trinajstić information content (AvgIpc) is 3.41. The van der Waals surface area contributed by atoms with E-state index in [-0.39, 0.29) is 4.90 Å². The van der Waals surface area contributed by atoms with Gasteiger partial charge in [-0.2, -0.15) is 9.40 Å². The summed E-state index contributed by atoms with van der Waals surface area (Å²) in [5.74, 6) is 0.244. The number of amides is 1. The van der Waals surface area contributed by atoms with Gasteiger partial charge in [-0.25, -0.2) is 13.1 Å². The first-order valence-electron chi connectivity index (χ1n) is 11.4. The minimum Gasteiger partial charge on any atom is -0.497 e. The van der Waals surface area contributed by atoms with Crippen LogP contribution in [0.4, 0.5) is 5.69 Å². The van der Waals surface area contributed by atoms with Gasteiger partial charge in [0.1, 0.15) is 11.8 Å². The number of nitrogens with one attached hydrogen (secondary N) is 1. The fourth-order valence-electron chi connectivity index (χ4n) is 3.99. The first kappa shape index (κ1) is 24.6. The van der Waals surface area contributed by atoms with Crippen molar-refractivity contribution in [3.8, 4) is 17.0 Å². The summed E-state index contributed by atoms with van der Waals surface area (Å²) >= 11 is 0. The van der Waals surface area contributed by atoms with Crippen molar-refractivity contribution in [1.29, 1.82) is 0 Å². The van der Waals surface area contributed by atoms with Crippen LogP contribution in [-0.2, 0) is 14.8 Å². The zero-order valence-electron chi connectivity index (χ0n) is 19.9. The third-order valence-corrected chi connectivity index (χ3v) is 8.14. The number of aryl methyl sites for hydroxylation is 1. The summed E-state index contributed by atoms with van der Waals surface area (Å²) in [6.45, 7) is 4.36. The van der Waals surface area contributed by atoms with E-state index in [2.05, 4.69) is 10.4 Å². The van der Waals surface area contributed by atoms with Crippen molar-refractivity contribution in [2.45, 2.75) is 37.6 Å². The highest BCUT2D eigenvalue weighted by molar-refractivity contribution is 7.89. The molecule has 2 aromatic carbocycles. The Kier molecular flexibility index (Phi) is 7.04. The lowest BCUT2D eigenvalue weighted by molar-refractivity contribution is -0.119. The third kappa shape index (κ3) is 5.13. The van der Waals surface area contributed by atoms with Crippen LogP contribution in [-0.4, -0.2) is 48.6 Å². The summed E-state index contributed by atoms with van der Waals surface area (Å²) in [6.07, 6.45) is 1.70. The highest BCUT2D eigenvalue weighted by Crippen LogP contribution is 2.28. The molecule has 1 saturated heterocycles. The number of hydrogen-bond acceptors (Lipinski definition) is 6. The van der Waals surface area contributed by atoms with Gasteiger partial charge in [0.15, 0.2) is 0 Å². The minimum atomic E-state index is -3.62. The van der Waals surface area contributed by atoms with E-state index >= 15 is 0 Å². The summed E-state index contributed by atoms with van der Waals surface area (Å²) < 4.78 is 34.0. The predicted octanol–water partition coefficient (Wildman–Crippen LogP) is 3.21. The summed E-state index contributed by atoms with van der Waals surface area (Å²) in [6, 6.07) is 13.9. The second kappa shape index (κ2) is 10.0. The Balaban J connectivity index is 1.62. The van der Waals surface area contributed by atoms with Crippen molar-refractivity contribution < 1.29 is 17.9 Å². The van der Waals surface area contributed by atoms with E-state index in [1.807, 2.05) is 0 Å². The highest BCUT2D eigenvalue weighted by Gasteiger charge is 2.29. The maximum Gasteiger partial charge on any atom is 0.267 e. The number of rotatable bonds is 7. The molecule has 4 rings (SSSR count). The molecule has 9 nitrogen and oxygen atoms in total. The second-order valence-corrected chi connectivity index (χ2v) is 10.4. The Morgan fingerprint density at radius 2 is 1.74 bits per heavy atom. The maximum absolute atomic E-state index is 13.2. The molecule has 1 aromatic heterocycles. The van der Waals surface area contributed by atoms with Crippen LogP contribution in [0.3, 0.4) is 0 Å². The molecule has 2 heterocycles. The molecule has 0 aliphatic carbocycles. The van der Waals surface area contributed by atoms with Gasteiger partial charge < -0.3 is 10.1 Å². The molecule has 1 amide bonds. The van der Waals surface area contributed by atoms with Crippen molar-refractivity contribution in [1.82, 2.24) is 14.1 Å². The fourth-order valence-corrected chi connectivity index (χ4v) is 5.76. The van der Waals surface area contributed by atoms with Crippen molar-refractivity contribution in [2.75, 3.05) is 25.5 Å². The van der Waals surface area contributed by atoms with Crippen molar-refractivity contribution in [3.63, 3.8) is 0 Å². The zero-order valence-corrected chi connectivity index (χ0v) is 20.7. The molecular formula is C25H28N4O5S. The monoisotopic (exact) mass is 496 g/mol. The van der Waals surface area contributed by atoms with Gasteiger partial charge in [0.25, 0.3) is 5.56 Å². The molecule has 10 heteroatoms. The second-order valence-electron chi connectivity index (χ2n) is 8.49. The lowest BCUT2D eigenvalue weighted by atomic mass is 10.1. The summed E-state index contributed by atoms with van der Waals surface area (Å²) in [5, 5.41) is 7.16. The number of hydrogen-bond donors (Lipinski definition) is 1. The van der Waals surface area contributed by atoms with Gasteiger partial charge in [0.05, 0.1) is 17.7 Å². The molecule has 35 heavy (non-hydrogen) atoms. The Bertz CT molecular complexity index is 1390. The topological polar surface area (TPSA) is 111 Å². The van der Waals surface area contributed by atoms with E-state index < -0.39 is 27.5 Å². The molecule has 0 spiro atoms. The molecule has 0 unspecified atom stereocenters. The van der Waals surface area contributed by atoms with E-state index in [4.69, 9.17) is 4.74 Å². The normalized spacial score (nSPS) is 15.1. The zero-order chi connectivity index (χ0) is 25.2. The maximum atomic E-state index is 13.2. The van der Waals surface area contributed by atoms with Crippen LogP contribution in [0.5, 0.6) is 5.75 Å². The van der Waals surface area contributed by atoms with Crippen LogP contribution < -0.4 is 15.6 Å². The summed E-state index contributed by atoms with van der Waals surface area (Å²) in [7, 11) is -2.07. The van der Waals surface area contributed by atoms with Gasteiger partial charge in [-0.3, -0.25) is 9.59 Å². The highest BCUT2D eigenvalue weighted by atomic mass is 32.2. The third-order valence-electron chi connectivity index (χ3n) is 6.10. The lowest BCUT2D eigenvalue weighted by Gasteiger charge is -2.18. The van der Waals surface area contributed by atoms with Gasteiger partial charge in [0.2, 0.25) is 15.9 Å². The van der Waals surface area contributed by atoms with E-state index in [1.54, 1.807) is 63.4 Å². The molecule has 184 valence electrons. The number of methoxy groups -OCH3 is 1. The Hall–Kier alpha value is -3.50. The predicted molar refractivity (Wildman–Crippen MR) is 133 cm³/mol. The average molecular weight is 497 g/mol. The molecule has 0 bridgehead atoms. The van der Waals surface area contributed by atoms with Gasteiger partial charge in [-0.1, -0.05) is 12.1 Å². The number of nitrogens with zero attached hydrogens (tertiary/aromatic N) is 3. The number of sulfonamides is 1. The number of carbonyl (C=O) groups excluding carboxylic acids is 1. The molecular weight excluding hydrogens is 468 g/mol. The van der Waals surface area contributed by atoms with Crippen LogP contribution in [0.2, 0.25) is 0 Å². The lowest BCUT2D eigenvalue weighted by Crippen LogP contribution is -2.33. The number of ether oxygens (including phenoxy) is 1. The molecule has 1 aliphatic heterocycles. The Morgan fingerprint density at radius 1 is 1.06 bits per heavy atom. The van der Waals surface area contributed by atoms with Gasteiger partial charge >= 0.3 is 0 Å². The Labute approximate surface area is 204 Å². The molecule has 1 N–H and O–H groups in total.